The number of carboxylic acid groups (broad SMARTS) is 1. The number of rotatable bonds is 4. The van der Waals surface area contributed by atoms with E-state index in [1.54, 1.807) is 13.0 Å². The average molecular weight is 498 g/mol. The van der Waals surface area contributed by atoms with Crippen molar-refractivity contribution in [1.82, 2.24) is 24.0 Å². The Labute approximate surface area is 192 Å². The van der Waals surface area contributed by atoms with Crippen LogP contribution in [0.15, 0.2) is 35.5 Å². The van der Waals surface area contributed by atoms with Crippen LogP contribution in [0, 0.1) is 6.92 Å². The molecule has 0 bridgehead atoms. The first-order chi connectivity index (χ1) is 15.9. The highest BCUT2D eigenvalue weighted by molar-refractivity contribution is 7.89. The minimum Gasteiger partial charge on any atom is -0.465 e. The van der Waals surface area contributed by atoms with Crippen molar-refractivity contribution in [1.29, 1.82) is 0 Å². The van der Waals surface area contributed by atoms with Crippen molar-refractivity contribution >= 4 is 27.6 Å². The van der Waals surface area contributed by atoms with E-state index in [2.05, 4.69) is 15.3 Å². The Morgan fingerprint density at radius 3 is 2.74 bits per heavy atom. The number of nitrogens with one attached hydrogen (secondary N) is 1. The number of benzene rings is 1. The van der Waals surface area contributed by atoms with E-state index in [0.717, 1.165) is 10.6 Å². The summed E-state index contributed by atoms with van der Waals surface area (Å²) in [7, 11) is -4.00. The fraction of sp³-hybridized carbons (Fsp3) is 0.350. The van der Waals surface area contributed by atoms with Crippen LogP contribution in [0.3, 0.4) is 0 Å². The Morgan fingerprint density at radius 2 is 2.06 bits per heavy atom. The van der Waals surface area contributed by atoms with E-state index in [-0.39, 0.29) is 29.3 Å². The number of imidazole rings is 1. The molecule has 3 aromatic rings. The van der Waals surface area contributed by atoms with Crippen molar-refractivity contribution in [2.45, 2.75) is 36.9 Å². The molecule has 1 amide bonds. The lowest BCUT2D eigenvalue weighted by Gasteiger charge is -2.31. The Morgan fingerprint density at radius 1 is 1.32 bits per heavy atom. The van der Waals surface area contributed by atoms with E-state index in [0.29, 0.717) is 24.0 Å². The van der Waals surface area contributed by atoms with Gasteiger partial charge in [-0.05, 0) is 37.5 Å². The van der Waals surface area contributed by atoms with Crippen molar-refractivity contribution in [3.05, 3.63) is 41.9 Å². The van der Waals surface area contributed by atoms with Gasteiger partial charge >= 0.3 is 12.3 Å². The van der Waals surface area contributed by atoms with E-state index >= 15 is 0 Å². The van der Waals surface area contributed by atoms with Gasteiger partial charge in [0.25, 0.3) is 0 Å². The lowest BCUT2D eigenvalue weighted by atomic mass is 10.1. The number of carbonyl (C=O) groups is 1. The molecule has 34 heavy (non-hydrogen) atoms. The van der Waals surface area contributed by atoms with Gasteiger partial charge in [-0.2, -0.15) is 17.5 Å². The number of hydrogen-bond acceptors (Lipinski definition) is 6. The molecule has 3 heterocycles. The zero-order chi connectivity index (χ0) is 24.8. The first-order valence-electron chi connectivity index (χ1n) is 10.2. The number of halogens is 3. The number of aromatic nitrogens is 3. The highest BCUT2D eigenvalue weighted by atomic mass is 32.2. The van der Waals surface area contributed by atoms with Crippen LogP contribution in [0.5, 0.6) is 0 Å². The van der Waals surface area contributed by atoms with E-state index in [1.165, 1.54) is 22.6 Å². The molecular weight excluding hydrogens is 477 g/mol. The van der Waals surface area contributed by atoms with E-state index in [4.69, 9.17) is 10.8 Å². The minimum absolute atomic E-state index is 0.00859. The smallest absolute Gasteiger partial charge is 0.434 e. The van der Waals surface area contributed by atoms with E-state index < -0.39 is 39.8 Å². The van der Waals surface area contributed by atoms with Crippen LogP contribution in [-0.4, -0.2) is 57.4 Å². The van der Waals surface area contributed by atoms with E-state index in [1.807, 2.05) is 0 Å². The molecule has 4 N–H and O–H groups in total. The number of nitrogen functional groups attached to an aromatic ring is 1. The number of nitrogens with two attached hydrogens (primary N) is 1. The van der Waals surface area contributed by atoms with Gasteiger partial charge in [-0.25, -0.2) is 23.2 Å². The third-order valence-corrected chi connectivity index (χ3v) is 7.50. The summed E-state index contributed by atoms with van der Waals surface area (Å²) in [6, 6.07) is 3.78. The van der Waals surface area contributed by atoms with Crippen molar-refractivity contribution < 1.29 is 31.5 Å². The van der Waals surface area contributed by atoms with Gasteiger partial charge in [0.1, 0.15) is 0 Å². The molecule has 14 heteroatoms. The van der Waals surface area contributed by atoms with Gasteiger partial charge in [0.2, 0.25) is 10.0 Å². The molecule has 0 radical (unpaired) electrons. The molecular formula is C20H21F3N6O4S. The van der Waals surface area contributed by atoms with E-state index in [9.17, 15) is 26.4 Å². The third-order valence-electron chi connectivity index (χ3n) is 5.64. The fourth-order valence-corrected chi connectivity index (χ4v) is 5.54. The molecule has 2 aromatic heterocycles. The average Bonchev–Trinajstić information content (AvgIpc) is 3.17. The number of fused-ring (bicyclic) bond motifs is 1. The van der Waals surface area contributed by atoms with Crippen LogP contribution in [-0.2, 0) is 16.2 Å². The Kier molecular flexibility index (Phi) is 5.89. The van der Waals surface area contributed by atoms with Gasteiger partial charge < -0.3 is 16.2 Å². The predicted molar refractivity (Wildman–Crippen MR) is 116 cm³/mol. The molecule has 0 spiro atoms. The third kappa shape index (κ3) is 4.37. The Hall–Kier alpha value is -3.39. The molecule has 1 saturated heterocycles. The first-order valence-corrected chi connectivity index (χ1v) is 11.6. The molecule has 1 unspecified atom stereocenters. The molecule has 0 aliphatic carbocycles. The lowest BCUT2D eigenvalue weighted by Crippen LogP contribution is -2.49. The standard InChI is InChI=1S/C20H21F3N6O4S/c1-11-4-5-13(34(32,33)28-6-2-3-12(9-28)26-19(30)31)7-14(11)15-8-25-18-17(24)27-16(10-29(15)18)20(21,22)23/h4-5,7-8,10,12,26H,2-3,6,9H2,1H3,(H2,24,27)(H,30,31). The highest BCUT2D eigenvalue weighted by Gasteiger charge is 2.35. The zero-order valence-electron chi connectivity index (χ0n) is 17.9. The Bertz CT molecular complexity index is 1370. The quantitative estimate of drug-likeness (QED) is 0.502. The minimum atomic E-state index is -4.74. The van der Waals surface area contributed by atoms with Crippen LogP contribution in [0.4, 0.5) is 23.8 Å². The maximum absolute atomic E-state index is 13.3. The molecule has 0 saturated carbocycles. The molecule has 1 aliphatic heterocycles. The van der Waals surface area contributed by atoms with Crippen molar-refractivity contribution in [2.24, 2.45) is 0 Å². The summed E-state index contributed by atoms with van der Waals surface area (Å²) < 4.78 is 68.8. The van der Waals surface area contributed by atoms with Crippen LogP contribution < -0.4 is 11.1 Å². The molecule has 1 aliphatic rings. The van der Waals surface area contributed by atoms with Crippen molar-refractivity contribution in [2.75, 3.05) is 18.8 Å². The summed E-state index contributed by atoms with van der Waals surface area (Å²) in [4.78, 5) is 18.3. The monoisotopic (exact) mass is 498 g/mol. The van der Waals surface area contributed by atoms with Crippen LogP contribution in [0.25, 0.3) is 16.9 Å². The van der Waals surface area contributed by atoms with Gasteiger partial charge in [-0.3, -0.25) is 4.40 Å². The summed E-state index contributed by atoms with van der Waals surface area (Å²) >= 11 is 0. The SMILES string of the molecule is Cc1ccc(S(=O)(=O)N2CCCC(NC(=O)O)C2)cc1-c1cnc2c(N)nc(C(F)(F)F)cn12. The van der Waals surface area contributed by atoms with Gasteiger partial charge in [0, 0.05) is 30.9 Å². The second kappa shape index (κ2) is 8.43. The number of hydrogen-bond donors (Lipinski definition) is 3. The molecule has 1 atom stereocenters. The predicted octanol–water partition coefficient (Wildman–Crippen LogP) is 2.73. The normalized spacial score (nSPS) is 17.7. The summed E-state index contributed by atoms with van der Waals surface area (Å²) in [5.74, 6) is -0.409. The number of anilines is 1. The van der Waals surface area contributed by atoms with Gasteiger partial charge in [-0.1, -0.05) is 6.07 Å². The second-order valence-corrected chi connectivity index (χ2v) is 9.91. The number of alkyl halides is 3. The number of nitrogens with zero attached hydrogens (tertiary/aromatic N) is 4. The molecule has 1 fully saturated rings. The second-order valence-electron chi connectivity index (χ2n) is 7.97. The Balaban J connectivity index is 1.77. The largest absolute Gasteiger partial charge is 0.465 e. The maximum Gasteiger partial charge on any atom is 0.434 e. The summed E-state index contributed by atoms with van der Waals surface area (Å²) in [6.45, 7) is 1.88. The first kappa shape index (κ1) is 23.8. The number of sulfonamides is 1. The number of piperidine rings is 1. The zero-order valence-corrected chi connectivity index (χ0v) is 18.7. The van der Waals surface area contributed by atoms with Crippen molar-refractivity contribution in [3.63, 3.8) is 0 Å². The maximum atomic E-state index is 13.3. The lowest BCUT2D eigenvalue weighted by molar-refractivity contribution is -0.141. The topological polar surface area (TPSA) is 143 Å². The summed E-state index contributed by atoms with van der Waals surface area (Å²) in [5.41, 5.74) is 5.66. The molecule has 10 nitrogen and oxygen atoms in total. The number of aryl methyl sites for hydroxylation is 1. The van der Waals surface area contributed by atoms with Gasteiger partial charge in [-0.15, -0.1) is 0 Å². The van der Waals surface area contributed by atoms with Gasteiger partial charge in [0.05, 0.1) is 16.8 Å². The summed E-state index contributed by atoms with van der Waals surface area (Å²) in [5, 5.41) is 11.3. The van der Waals surface area contributed by atoms with Gasteiger partial charge in [0.15, 0.2) is 17.2 Å². The summed E-state index contributed by atoms with van der Waals surface area (Å²) in [6.07, 6.45) is -2.92. The number of amides is 1. The fourth-order valence-electron chi connectivity index (χ4n) is 3.99. The molecule has 1 aromatic carbocycles. The van der Waals surface area contributed by atoms with Crippen LogP contribution in [0.1, 0.15) is 24.1 Å². The molecule has 4 rings (SSSR count). The highest BCUT2D eigenvalue weighted by Crippen LogP contribution is 2.33. The van der Waals surface area contributed by atoms with Crippen LogP contribution >= 0.6 is 0 Å². The molecule has 182 valence electrons. The van der Waals surface area contributed by atoms with Crippen LogP contribution in [0.2, 0.25) is 0 Å². The van der Waals surface area contributed by atoms with Crippen molar-refractivity contribution in [3.8, 4) is 11.3 Å².